The fraction of sp³-hybridized carbons (Fsp3) is 0.467. The molecule has 0 unspecified atom stereocenters. The number of carbonyl (C=O) groups excluding carboxylic acids is 1. The Morgan fingerprint density at radius 2 is 2.00 bits per heavy atom. The summed E-state index contributed by atoms with van der Waals surface area (Å²) in [6.07, 6.45) is 4.64. The minimum atomic E-state index is -4.65. The molecule has 1 amide bonds. The summed E-state index contributed by atoms with van der Waals surface area (Å²) in [7, 11) is 0. The van der Waals surface area contributed by atoms with E-state index in [1.807, 2.05) is 23.1 Å². The van der Waals surface area contributed by atoms with Gasteiger partial charge in [0.1, 0.15) is 30.4 Å². The number of hydrogen-bond donors (Lipinski definition) is 1. The monoisotopic (exact) mass is 621 g/mol. The second kappa shape index (κ2) is 11.3. The lowest BCUT2D eigenvalue weighted by Gasteiger charge is -2.52. The third-order valence-corrected chi connectivity index (χ3v) is 8.99. The average Bonchev–Trinajstić information content (AvgIpc) is 3.77. The number of nitrogens with one attached hydrogen (secondary N) is 1. The Bertz CT molecular complexity index is 1750. The zero-order valence-corrected chi connectivity index (χ0v) is 24.2. The number of likely N-dealkylation sites (tertiary alicyclic amines) is 1. The van der Waals surface area contributed by atoms with Gasteiger partial charge >= 0.3 is 12.3 Å². The number of fused-ring (bicyclic) bond motifs is 1. The predicted octanol–water partition coefficient (Wildman–Crippen LogP) is 4.50. The predicted molar refractivity (Wildman–Crippen MR) is 153 cm³/mol. The maximum Gasteiger partial charge on any atom is 0.433 e. The van der Waals surface area contributed by atoms with E-state index in [1.54, 1.807) is 6.20 Å². The van der Waals surface area contributed by atoms with Crippen LogP contribution in [0.25, 0.3) is 22.3 Å². The van der Waals surface area contributed by atoms with Gasteiger partial charge in [0.15, 0.2) is 0 Å². The molecule has 12 nitrogen and oxygen atoms in total. The Balaban J connectivity index is 0.988. The van der Waals surface area contributed by atoms with Gasteiger partial charge in [-0.1, -0.05) is 0 Å². The Morgan fingerprint density at radius 1 is 1.18 bits per heavy atom. The first-order valence-electron chi connectivity index (χ1n) is 14.8. The van der Waals surface area contributed by atoms with E-state index in [0.29, 0.717) is 38.9 Å². The SMILES string of the molecule is N#CC[C@]1(n2cc(-c3ncnc4[nH]ccc34)cn2)C[C@H](N2CCC(Oc3cc(CN4CCOC4=O)cc(C(F)(F)F)n3)CC2)C1. The second-order valence-electron chi connectivity index (χ2n) is 11.8. The van der Waals surface area contributed by atoms with Gasteiger partial charge in [0.05, 0.1) is 36.5 Å². The Hall–Kier alpha value is -4.71. The number of hydrogen-bond acceptors (Lipinski definition) is 9. The molecule has 2 aliphatic heterocycles. The molecule has 0 spiro atoms. The largest absolute Gasteiger partial charge is 0.474 e. The molecule has 45 heavy (non-hydrogen) atoms. The molecule has 6 heterocycles. The zero-order valence-electron chi connectivity index (χ0n) is 24.2. The lowest BCUT2D eigenvalue weighted by atomic mass is 9.69. The highest BCUT2D eigenvalue weighted by Gasteiger charge is 2.49. The van der Waals surface area contributed by atoms with Crippen molar-refractivity contribution in [1.82, 2.24) is 39.5 Å². The highest BCUT2D eigenvalue weighted by molar-refractivity contribution is 5.90. The van der Waals surface area contributed by atoms with Crippen LogP contribution < -0.4 is 4.74 Å². The summed E-state index contributed by atoms with van der Waals surface area (Å²) >= 11 is 0. The molecule has 4 aromatic rings. The Morgan fingerprint density at radius 3 is 2.73 bits per heavy atom. The molecule has 15 heteroatoms. The van der Waals surface area contributed by atoms with Crippen LogP contribution in [-0.2, 0) is 23.0 Å². The number of carbonyl (C=O) groups is 1. The second-order valence-corrected chi connectivity index (χ2v) is 11.8. The molecule has 7 rings (SSSR count). The van der Waals surface area contributed by atoms with Crippen LogP contribution in [0.4, 0.5) is 18.0 Å². The van der Waals surface area contributed by atoms with Crippen molar-refractivity contribution in [2.45, 2.75) is 62.5 Å². The molecule has 3 fully saturated rings. The van der Waals surface area contributed by atoms with Crippen LogP contribution in [0, 0.1) is 11.3 Å². The number of amides is 1. The molecule has 0 aromatic carbocycles. The third-order valence-electron chi connectivity index (χ3n) is 8.99. The highest BCUT2D eigenvalue weighted by atomic mass is 19.4. The van der Waals surface area contributed by atoms with Crippen molar-refractivity contribution < 1.29 is 27.4 Å². The number of nitriles is 1. The number of H-pyrrole nitrogens is 1. The molecule has 1 aliphatic carbocycles. The first-order chi connectivity index (χ1) is 21.7. The molecule has 4 aromatic heterocycles. The van der Waals surface area contributed by atoms with Crippen LogP contribution in [0.3, 0.4) is 0 Å². The van der Waals surface area contributed by atoms with E-state index >= 15 is 0 Å². The topological polar surface area (TPSA) is 138 Å². The van der Waals surface area contributed by atoms with Crippen LogP contribution in [-0.4, -0.2) is 84.0 Å². The molecule has 2 saturated heterocycles. The normalized spacial score (nSPS) is 22.8. The third kappa shape index (κ3) is 5.66. The molecule has 1 saturated carbocycles. The molecule has 1 N–H and O–H groups in total. The lowest BCUT2D eigenvalue weighted by Crippen LogP contribution is -2.58. The standard InChI is InChI=1S/C30H30F3N9O3/c31-30(32,33)24-11-19(16-41-9-10-44-28(41)43)12-25(39-24)45-22-2-7-40(8-3-22)21-13-29(14-21,4-5-34)42-17-20(15-38-42)26-23-1-6-35-27(23)37-18-36-26/h1,6,11-12,15,17-18,21-22H,2-4,7-10,13-14,16H2,(H,35,36,37)/t21-,29-. The van der Waals surface area contributed by atoms with Crippen molar-refractivity contribution in [1.29, 1.82) is 5.26 Å². The van der Waals surface area contributed by atoms with E-state index < -0.39 is 23.5 Å². The number of nitrogens with zero attached hydrogens (tertiary/aromatic N) is 8. The zero-order chi connectivity index (χ0) is 31.2. The van der Waals surface area contributed by atoms with E-state index in [1.165, 1.54) is 17.3 Å². The quantitative estimate of drug-likeness (QED) is 0.301. The number of rotatable bonds is 8. The van der Waals surface area contributed by atoms with E-state index in [2.05, 4.69) is 36.0 Å². The molecule has 0 radical (unpaired) electrons. The van der Waals surface area contributed by atoms with Gasteiger partial charge in [-0.3, -0.25) is 9.58 Å². The van der Waals surface area contributed by atoms with Crippen molar-refractivity contribution in [3.8, 4) is 23.2 Å². The van der Waals surface area contributed by atoms with Crippen LogP contribution in [0.5, 0.6) is 5.88 Å². The number of aromatic amines is 1. The Kier molecular flexibility index (Phi) is 7.31. The summed E-state index contributed by atoms with van der Waals surface area (Å²) in [5.74, 6) is -0.0994. The number of cyclic esters (lactones) is 1. The maximum atomic E-state index is 13.6. The van der Waals surface area contributed by atoms with Gasteiger partial charge in [0.2, 0.25) is 5.88 Å². The molecule has 234 valence electrons. The van der Waals surface area contributed by atoms with Gasteiger partial charge in [-0.15, -0.1) is 0 Å². The van der Waals surface area contributed by atoms with Gasteiger partial charge in [-0.05, 0) is 43.4 Å². The van der Waals surface area contributed by atoms with Crippen molar-refractivity contribution in [2.24, 2.45) is 0 Å². The van der Waals surface area contributed by atoms with E-state index in [4.69, 9.17) is 9.47 Å². The highest BCUT2D eigenvalue weighted by Crippen LogP contribution is 2.45. The minimum absolute atomic E-state index is 0.0152. The smallest absolute Gasteiger partial charge is 0.433 e. The van der Waals surface area contributed by atoms with Crippen LogP contribution in [0.15, 0.2) is 43.1 Å². The summed E-state index contributed by atoms with van der Waals surface area (Å²) < 4.78 is 53.6. The minimum Gasteiger partial charge on any atom is -0.474 e. The van der Waals surface area contributed by atoms with E-state index in [0.717, 1.165) is 41.2 Å². The lowest BCUT2D eigenvalue weighted by molar-refractivity contribution is -0.141. The molecule has 3 aliphatic rings. The fourth-order valence-corrected chi connectivity index (χ4v) is 6.62. The van der Waals surface area contributed by atoms with Gasteiger partial charge in [0, 0.05) is 55.1 Å². The number of aromatic nitrogens is 6. The van der Waals surface area contributed by atoms with Crippen LogP contribution >= 0.6 is 0 Å². The van der Waals surface area contributed by atoms with Crippen molar-refractivity contribution in [3.63, 3.8) is 0 Å². The average molecular weight is 622 g/mol. The summed E-state index contributed by atoms with van der Waals surface area (Å²) in [5.41, 5.74) is 1.18. The van der Waals surface area contributed by atoms with Gasteiger partial charge in [-0.25, -0.2) is 19.7 Å². The van der Waals surface area contributed by atoms with E-state index in [-0.39, 0.29) is 36.7 Å². The van der Waals surface area contributed by atoms with Crippen molar-refractivity contribution in [2.75, 3.05) is 26.2 Å². The van der Waals surface area contributed by atoms with E-state index in [9.17, 15) is 23.2 Å². The van der Waals surface area contributed by atoms with Gasteiger partial charge in [-0.2, -0.15) is 23.5 Å². The summed E-state index contributed by atoms with van der Waals surface area (Å²) in [4.78, 5) is 31.1. The van der Waals surface area contributed by atoms with Crippen LogP contribution in [0.1, 0.15) is 43.4 Å². The number of ether oxygens (including phenoxy) is 2. The molecule has 0 atom stereocenters. The summed E-state index contributed by atoms with van der Waals surface area (Å²) in [6.45, 7) is 1.92. The summed E-state index contributed by atoms with van der Waals surface area (Å²) in [5, 5.41) is 15.2. The number of halogens is 3. The van der Waals surface area contributed by atoms with Crippen LogP contribution in [0.2, 0.25) is 0 Å². The van der Waals surface area contributed by atoms with Gasteiger partial charge < -0.3 is 19.4 Å². The molecular formula is C30H30F3N9O3. The number of pyridine rings is 1. The Labute approximate surface area is 255 Å². The first kappa shape index (κ1) is 29.0. The molecule has 0 bridgehead atoms. The first-order valence-corrected chi connectivity index (χ1v) is 14.8. The van der Waals surface area contributed by atoms with Crippen molar-refractivity contribution in [3.05, 3.63) is 54.4 Å². The number of alkyl halides is 3. The van der Waals surface area contributed by atoms with Crippen molar-refractivity contribution >= 4 is 17.1 Å². The molecular weight excluding hydrogens is 591 g/mol. The maximum absolute atomic E-state index is 13.6. The summed E-state index contributed by atoms with van der Waals surface area (Å²) in [6, 6.07) is 6.93. The fourth-order valence-electron chi connectivity index (χ4n) is 6.62. The number of piperidine rings is 1. The van der Waals surface area contributed by atoms with Gasteiger partial charge in [0.25, 0.3) is 0 Å².